The predicted octanol–water partition coefficient (Wildman–Crippen LogP) is 1.54. The fraction of sp³-hybridized carbons (Fsp3) is 0.625. The smallest absolute Gasteiger partial charge is 0.311 e. The van der Waals surface area contributed by atoms with Crippen molar-refractivity contribution in [2.75, 3.05) is 13.1 Å². The van der Waals surface area contributed by atoms with Gasteiger partial charge in [0.2, 0.25) is 5.91 Å². The van der Waals surface area contributed by atoms with Crippen LogP contribution in [-0.4, -0.2) is 35.0 Å². The van der Waals surface area contributed by atoms with Crippen molar-refractivity contribution < 1.29 is 14.7 Å². The van der Waals surface area contributed by atoms with E-state index in [-0.39, 0.29) is 11.3 Å². The van der Waals surface area contributed by atoms with Crippen LogP contribution in [0, 0.1) is 35.0 Å². The monoisotopic (exact) mass is 273 g/mol. The number of hydrogen-bond acceptors (Lipinski definition) is 2. The molecule has 1 N–H and O–H groups in total. The molecule has 1 heterocycles. The molecule has 6 atom stereocenters. The predicted molar refractivity (Wildman–Crippen MR) is 72.7 cm³/mol. The highest BCUT2D eigenvalue weighted by Crippen LogP contribution is 2.59. The van der Waals surface area contributed by atoms with Gasteiger partial charge in [-0.1, -0.05) is 31.2 Å². The lowest BCUT2D eigenvalue weighted by molar-refractivity contribution is -0.147. The number of amides is 1. The zero-order chi connectivity index (χ0) is 14.1. The fourth-order valence-corrected chi connectivity index (χ4v) is 4.75. The van der Waals surface area contributed by atoms with Crippen LogP contribution in [0.5, 0.6) is 0 Å². The lowest BCUT2D eigenvalue weighted by Gasteiger charge is -2.32. The molecule has 20 heavy (non-hydrogen) atoms. The normalized spacial score (nSPS) is 47.5. The van der Waals surface area contributed by atoms with E-state index in [1.54, 1.807) is 12.2 Å². The van der Waals surface area contributed by atoms with Crippen molar-refractivity contribution in [2.24, 2.45) is 35.0 Å². The van der Waals surface area contributed by atoms with Crippen molar-refractivity contribution >= 4 is 11.9 Å². The number of carbonyl (C=O) groups is 2. The molecule has 1 aliphatic heterocycles. The molecule has 4 rings (SSSR count). The van der Waals surface area contributed by atoms with E-state index < -0.39 is 17.8 Å². The third kappa shape index (κ3) is 1.37. The molecule has 106 valence electrons. The van der Waals surface area contributed by atoms with E-state index in [4.69, 9.17) is 5.11 Å². The molecule has 4 nitrogen and oxygen atoms in total. The van der Waals surface area contributed by atoms with Crippen LogP contribution < -0.4 is 0 Å². The summed E-state index contributed by atoms with van der Waals surface area (Å²) in [6.07, 6.45) is 9.23. The molecule has 1 saturated carbocycles. The van der Waals surface area contributed by atoms with Crippen molar-refractivity contribution in [3.05, 3.63) is 24.3 Å². The Labute approximate surface area is 118 Å². The summed E-state index contributed by atoms with van der Waals surface area (Å²) in [4.78, 5) is 25.5. The van der Waals surface area contributed by atoms with Crippen molar-refractivity contribution in [1.29, 1.82) is 0 Å². The number of hydrogen-bond donors (Lipinski definition) is 1. The van der Waals surface area contributed by atoms with Crippen LogP contribution in [0.2, 0.25) is 0 Å². The molecule has 0 aromatic heterocycles. The maximum Gasteiger partial charge on any atom is 0.311 e. The number of carboxylic acids is 1. The molecular formula is C16H19NO3. The van der Waals surface area contributed by atoms with Gasteiger partial charge in [-0.3, -0.25) is 9.59 Å². The van der Waals surface area contributed by atoms with Gasteiger partial charge in [-0.15, -0.1) is 0 Å². The highest BCUT2D eigenvalue weighted by molar-refractivity contribution is 5.90. The van der Waals surface area contributed by atoms with E-state index >= 15 is 0 Å². The molecule has 4 heteroatoms. The van der Waals surface area contributed by atoms with Crippen molar-refractivity contribution in [2.45, 2.75) is 13.3 Å². The molecular weight excluding hydrogens is 254 g/mol. The Kier molecular flexibility index (Phi) is 2.28. The second-order valence-corrected chi connectivity index (χ2v) is 7.00. The lowest BCUT2D eigenvalue weighted by Crippen LogP contribution is -2.43. The quantitative estimate of drug-likeness (QED) is 0.776. The number of rotatable bonds is 2. The molecule has 0 aromatic rings. The summed E-state index contributed by atoms with van der Waals surface area (Å²) in [5.74, 6) is -0.162. The first-order valence-electron chi connectivity index (χ1n) is 7.39. The van der Waals surface area contributed by atoms with Crippen molar-refractivity contribution in [3.63, 3.8) is 0 Å². The van der Waals surface area contributed by atoms with E-state index in [1.807, 2.05) is 4.90 Å². The Morgan fingerprint density at radius 1 is 1.20 bits per heavy atom. The first-order chi connectivity index (χ1) is 9.50. The molecule has 0 unspecified atom stereocenters. The summed E-state index contributed by atoms with van der Waals surface area (Å²) in [6.45, 7) is 3.89. The van der Waals surface area contributed by atoms with Crippen LogP contribution in [0.25, 0.3) is 0 Å². The maximum absolute atomic E-state index is 12.5. The number of fused-ring (bicyclic) bond motifs is 5. The summed E-state index contributed by atoms with van der Waals surface area (Å²) in [5.41, 5.74) is 0.210. The molecule has 2 fully saturated rings. The number of nitrogens with zero attached hydrogens (tertiary/aromatic N) is 1. The lowest BCUT2D eigenvalue weighted by atomic mass is 9.72. The second kappa shape index (κ2) is 3.74. The summed E-state index contributed by atoms with van der Waals surface area (Å²) in [6, 6.07) is 0. The Morgan fingerprint density at radius 3 is 2.55 bits per heavy atom. The van der Waals surface area contributed by atoms with Crippen LogP contribution in [0.4, 0.5) is 0 Å². The first kappa shape index (κ1) is 12.2. The van der Waals surface area contributed by atoms with Gasteiger partial charge in [0.15, 0.2) is 0 Å². The highest BCUT2D eigenvalue weighted by atomic mass is 16.4. The molecule has 0 spiro atoms. The highest BCUT2D eigenvalue weighted by Gasteiger charge is 2.58. The van der Waals surface area contributed by atoms with Gasteiger partial charge in [0.25, 0.3) is 0 Å². The van der Waals surface area contributed by atoms with Crippen LogP contribution in [-0.2, 0) is 9.59 Å². The Bertz CT molecular complexity index is 552. The summed E-state index contributed by atoms with van der Waals surface area (Å²) in [7, 11) is 0. The SMILES string of the molecule is C[C@]12CN(C(=O)[C@@H]3C=C[C@@H]3C(=O)O)C[C@H]1[C@H]1C=C[C@@H]2C1. The molecule has 2 bridgehead atoms. The van der Waals surface area contributed by atoms with Gasteiger partial charge in [0.1, 0.15) is 0 Å². The van der Waals surface area contributed by atoms with Crippen molar-refractivity contribution in [3.8, 4) is 0 Å². The van der Waals surface area contributed by atoms with Crippen molar-refractivity contribution in [1.82, 2.24) is 4.90 Å². The van der Waals surface area contributed by atoms with Gasteiger partial charge in [-0.2, -0.15) is 0 Å². The topological polar surface area (TPSA) is 57.6 Å². The first-order valence-corrected chi connectivity index (χ1v) is 7.39. The summed E-state index contributed by atoms with van der Waals surface area (Å²) < 4.78 is 0. The largest absolute Gasteiger partial charge is 0.481 e. The number of likely N-dealkylation sites (tertiary alicyclic amines) is 1. The van der Waals surface area contributed by atoms with Gasteiger partial charge in [0.05, 0.1) is 11.8 Å². The number of allylic oxidation sites excluding steroid dienone is 2. The van der Waals surface area contributed by atoms with Gasteiger partial charge in [0, 0.05) is 13.1 Å². The fourth-order valence-electron chi connectivity index (χ4n) is 4.75. The molecule has 1 saturated heterocycles. The summed E-state index contributed by atoms with van der Waals surface area (Å²) >= 11 is 0. The van der Waals surface area contributed by atoms with Gasteiger partial charge in [-0.25, -0.2) is 0 Å². The van der Waals surface area contributed by atoms with Crippen LogP contribution in [0.1, 0.15) is 13.3 Å². The summed E-state index contributed by atoms with van der Waals surface area (Å²) in [5, 5.41) is 9.07. The van der Waals surface area contributed by atoms with Crippen LogP contribution in [0.3, 0.4) is 0 Å². The van der Waals surface area contributed by atoms with Gasteiger partial charge < -0.3 is 10.0 Å². The number of aliphatic carboxylic acids is 1. The van der Waals surface area contributed by atoms with E-state index in [0.717, 1.165) is 13.1 Å². The average molecular weight is 273 g/mol. The van der Waals surface area contributed by atoms with E-state index in [1.165, 1.54) is 6.42 Å². The zero-order valence-electron chi connectivity index (χ0n) is 11.5. The van der Waals surface area contributed by atoms with Gasteiger partial charge in [-0.05, 0) is 29.6 Å². The molecule has 3 aliphatic carbocycles. The molecule has 0 radical (unpaired) electrons. The number of carbonyl (C=O) groups excluding carboxylic acids is 1. The second-order valence-electron chi connectivity index (χ2n) is 7.00. The minimum absolute atomic E-state index is 0.00919. The Balaban J connectivity index is 1.52. The maximum atomic E-state index is 12.5. The third-order valence-electron chi connectivity index (χ3n) is 6.07. The molecule has 1 amide bonds. The van der Waals surface area contributed by atoms with Crippen LogP contribution >= 0.6 is 0 Å². The number of carboxylic acid groups (broad SMARTS) is 1. The molecule has 0 aromatic carbocycles. The van der Waals surface area contributed by atoms with E-state index in [9.17, 15) is 9.59 Å². The van der Waals surface area contributed by atoms with Gasteiger partial charge >= 0.3 is 5.97 Å². The standard InChI is InChI=1S/C16H19NO3/c1-16-8-17(7-13(16)9-2-3-10(16)6-9)14(18)11-4-5-12(11)15(19)20/h2-5,9-13H,6-8H2,1H3,(H,19,20)/t9-,10+,11+,12-,13-,16+/m0/s1. The van der Waals surface area contributed by atoms with E-state index in [0.29, 0.717) is 17.8 Å². The van der Waals surface area contributed by atoms with Crippen LogP contribution in [0.15, 0.2) is 24.3 Å². The Hall–Kier alpha value is -1.58. The minimum atomic E-state index is -0.891. The zero-order valence-corrected chi connectivity index (χ0v) is 11.5. The average Bonchev–Trinajstić information content (AvgIpc) is 2.95. The third-order valence-corrected chi connectivity index (χ3v) is 6.07. The minimum Gasteiger partial charge on any atom is -0.481 e. The molecule has 4 aliphatic rings. The Morgan fingerprint density at radius 2 is 1.95 bits per heavy atom. The van der Waals surface area contributed by atoms with E-state index in [2.05, 4.69) is 19.1 Å².